The SMILES string of the molecule is COC(=O)C1=C(C)N(c2ccc(C)c(C)c2)/C(=C/c2ccc(CN(Cc3ccc(Cl)c(Cl)c3)S(=O)(=O)c3ccc(Cl)cc3)o2)C1=O. The van der Waals surface area contributed by atoms with Crippen LogP contribution in [0.4, 0.5) is 5.69 Å². The van der Waals surface area contributed by atoms with Crippen LogP contribution in [0.3, 0.4) is 0 Å². The molecular formula is C34H29Cl3N2O6S. The second kappa shape index (κ2) is 13.5. The first kappa shape index (κ1) is 33.5. The van der Waals surface area contributed by atoms with E-state index in [1.165, 1.54) is 41.8 Å². The highest BCUT2D eigenvalue weighted by Crippen LogP contribution is 2.37. The summed E-state index contributed by atoms with van der Waals surface area (Å²) in [5.74, 6) is -0.674. The molecule has 238 valence electrons. The van der Waals surface area contributed by atoms with Crippen molar-refractivity contribution in [2.75, 3.05) is 12.0 Å². The van der Waals surface area contributed by atoms with Gasteiger partial charge in [0.25, 0.3) is 0 Å². The van der Waals surface area contributed by atoms with Crippen LogP contribution in [0, 0.1) is 13.8 Å². The molecule has 2 heterocycles. The Labute approximate surface area is 282 Å². The van der Waals surface area contributed by atoms with Gasteiger partial charge in [-0.1, -0.05) is 46.9 Å². The maximum atomic E-state index is 13.8. The van der Waals surface area contributed by atoms with Crippen LogP contribution >= 0.6 is 34.8 Å². The van der Waals surface area contributed by atoms with Crippen molar-refractivity contribution >= 4 is 68.3 Å². The number of methoxy groups -OCH3 is 1. The summed E-state index contributed by atoms with van der Waals surface area (Å²) in [7, 11) is -2.81. The maximum Gasteiger partial charge on any atom is 0.343 e. The Hall–Kier alpha value is -3.86. The van der Waals surface area contributed by atoms with E-state index in [0.29, 0.717) is 37.8 Å². The highest BCUT2D eigenvalue weighted by atomic mass is 35.5. The van der Waals surface area contributed by atoms with Gasteiger partial charge in [-0.3, -0.25) is 4.79 Å². The van der Waals surface area contributed by atoms with Crippen LogP contribution in [0.1, 0.15) is 35.1 Å². The van der Waals surface area contributed by atoms with Crippen LogP contribution in [-0.4, -0.2) is 31.6 Å². The molecule has 0 radical (unpaired) electrons. The summed E-state index contributed by atoms with van der Waals surface area (Å²) in [6, 6.07) is 19.7. The fourth-order valence-corrected chi connectivity index (χ4v) is 6.89. The molecule has 5 rings (SSSR count). The number of ether oxygens (including phenoxy) is 1. The minimum Gasteiger partial charge on any atom is -0.465 e. The van der Waals surface area contributed by atoms with Gasteiger partial charge in [0.15, 0.2) is 0 Å². The number of hydrogen-bond donors (Lipinski definition) is 0. The number of aryl methyl sites for hydroxylation is 2. The van der Waals surface area contributed by atoms with Gasteiger partial charge in [-0.15, -0.1) is 0 Å². The van der Waals surface area contributed by atoms with Crippen LogP contribution in [0.5, 0.6) is 0 Å². The molecule has 0 N–H and O–H groups in total. The van der Waals surface area contributed by atoms with Crippen molar-refractivity contribution in [2.45, 2.75) is 38.8 Å². The Morgan fingerprint density at radius 2 is 1.61 bits per heavy atom. The highest BCUT2D eigenvalue weighted by Gasteiger charge is 2.38. The number of Topliss-reactive ketones (excluding diaryl/α,β-unsaturated/α-hetero) is 1. The van der Waals surface area contributed by atoms with Gasteiger partial charge in [-0.05, 0) is 98.1 Å². The zero-order valence-electron chi connectivity index (χ0n) is 25.3. The standard InChI is InChI=1S/C34H29Cl3N2O6S/c1-20-5-9-25(15-21(20)2)39-22(3)32(34(41)44-4)33(40)31(39)17-26-10-11-27(45-26)19-38(18-23-6-14-29(36)30(37)16-23)46(42,43)28-12-7-24(35)8-13-28/h5-17H,18-19H2,1-4H3/b31-17+. The molecule has 0 aliphatic carbocycles. The molecule has 1 aliphatic heterocycles. The van der Waals surface area contributed by atoms with Crippen molar-refractivity contribution in [3.05, 3.63) is 133 Å². The van der Waals surface area contributed by atoms with Crippen molar-refractivity contribution in [1.29, 1.82) is 0 Å². The van der Waals surface area contributed by atoms with Crippen LogP contribution in [0.2, 0.25) is 15.1 Å². The van der Waals surface area contributed by atoms with Gasteiger partial charge in [0.1, 0.15) is 17.1 Å². The number of hydrogen-bond acceptors (Lipinski definition) is 7. The van der Waals surface area contributed by atoms with Crippen molar-refractivity contribution in [2.24, 2.45) is 0 Å². The predicted molar refractivity (Wildman–Crippen MR) is 179 cm³/mol. The molecule has 0 saturated heterocycles. The van der Waals surface area contributed by atoms with Gasteiger partial charge in [-0.25, -0.2) is 13.2 Å². The molecule has 0 bridgehead atoms. The third-order valence-corrected chi connectivity index (χ3v) is 10.4. The summed E-state index contributed by atoms with van der Waals surface area (Å²) in [6.45, 7) is 5.44. The molecule has 1 aliphatic rings. The van der Waals surface area contributed by atoms with Crippen molar-refractivity contribution in [1.82, 2.24) is 4.31 Å². The number of esters is 1. The summed E-state index contributed by atoms with van der Waals surface area (Å²) in [6.07, 6.45) is 1.53. The molecule has 8 nitrogen and oxygen atoms in total. The molecule has 3 aromatic carbocycles. The van der Waals surface area contributed by atoms with E-state index in [-0.39, 0.29) is 35.0 Å². The Morgan fingerprint density at radius 3 is 2.26 bits per heavy atom. The van der Waals surface area contributed by atoms with Crippen molar-refractivity contribution < 1.29 is 27.2 Å². The van der Waals surface area contributed by atoms with E-state index in [1.54, 1.807) is 42.2 Å². The topological polar surface area (TPSA) is 97.1 Å². The molecular weight excluding hydrogens is 671 g/mol. The summed E-state index contributed by atoms with van der Waals surface area (Å²) in [5.41, 5.74) is 3.90. The Morgan fingerprint density at radius 1 is 0.891 bits per heavy atom. The lowest BCUT2D eigenvalue weighted by molar-refractivity contribution is -0.137. The van der Waals surface area contributed by atoms with E-state index in [1.807, 2.05) is 32.0 Å². The first-order chi connectivity index (χ1) is 21.8. The molecule has 0 unspecified atom stereocenters. The van der Waals surface area contributed by atoms with Gasteiger partial charge >= 0.3 is 5.97 Å². The fourth-order valence-electron chi connectivity index (χ4n) is 5.05. The number of carbonyl (C=O) groups is 2. The van der Waals surface area contributed by atoms with E-state index in [4.69, 9.17) is 44.0 Å². The average Bonchev–Trinajstić information content (AvgIpc) is 3.56. The Kier molecular flexibility index (Phi) is 9.81. The normalized spacial score (nSPS) is 14.6. The van der Waals surface area contributed by atoms with E-state index in [0.717, 1.165) is 11.1 Å². The van der Waals surface area contributed by atoms with Crippen molar-refractivity contribution in [3.8, 4) is 0 Å². The number of nitrogens with zero attached hydrogens (tertiary/aromatic N) is 2. The second-order valence-corrected chi connectivity index (χ2v) is 13.9. The first-order valence-corrected chi connectivity index (χ1v) is 16.6. The number of carbonyl (C=O) groups excluding carboxylic acids is 2. The average molecular weight is 700 g/mol. The first-order valence-electron chi connectivity index (χ1n) is 14.0. The number of furan rings is 1. The zero-order chi connectivity index (χ0) is 33.3. The number of ketones is 1. The Balaban J connectivity index is 1.51. The van der Waals surface area contributed by atoms with Gasteiger partial charge < -0.3 is 14.1 Å². The molecule has 0 atom stereocenters. The largest absolute Gasteiger partial charge is 0.465 e. The molecule has 0 fully saturated rings. The monoisotopic (exact) mass is 698 g/mol. The third kappa shape index (κ3) is 6.79. The number of allylic oxidation sites excluding steroid dienone is 2. The smallest absolute Gasteiger partial charge is 0.343 e. The fraction of sp³-hybridized carbons (Fsp3) is 0.176. The minimum atomic E-state index is -4.04. The lowest BCUT2D eigenvalue weighted by atomic mass is 10.1. The van der Waals surface area contributed by atoms with Crippen LogP contribution in [0.25, 0.3) is 6.08 Å². The summed E-state index contributed by atoms with van der Waals surface area (Å²) < 4.78 is 39.9. The predicted octanol–water partition coefficient (Wildman–Crippen LogP) is 8.12. The number of sulfonamides is 1. The maximum absolute atomic E-state index is 13.8. The summed E-state index contributed by atoms with van der Waals surface area (Å²) >= 11 is 18.3. The van der Waals surface area contributed by atoms with Gasteiger partial charge in [0, 0.05) is 29.0 Å². The molecule has 0 spiro atoms. The van der Waals surface area contributed by atoms with E-state index < -0.39 is 21.8 Å². The van der Waals surface area contributed by atoms with E-state index in [2.05, 4.69) is 0 Å². The van der Waals surface area contributed by atoms with Crippen LogP contribution in [-0.2, 0) is 37.4 Å². The summed E-state index contributed by atoms with van der Waals surface area (Å²) in [4.78, 5) is 27.9. The van der Waals surface area contributed by atoms with Gasteiger partial charge in [0.2, 0.25) is 15.8 Å². The number of anilines is 1. The van der Waals surface area contributed by atoms with Crippen LogP contribution < -0.4 is 4.90 Å². The van der Waals surface area contributed by atoms with Gasteiger partial charge in [0.05, 0.1) is 34.3 Å². The lowest BCUT2D eigenvalue weighted by Gasteiger charge is -2.22. The molecule has 4 aromatic rings. The number of benzene rings is 3. The summed E-state index contributed by atoms with van der Waals surface area (Å²) in [5, 5.41) is 1.03. The molecule has 46 heavy (non-hydrogen) atoms. The molecule has 0 saturated carbocycles. The molecule has 12 heteroatoms. The molecule has 0 amide bonds. The van der Waals surface area contributed by atoms with Crippen LogP contribution in [0.15, 0.2) is 99.1 Å². The third-order valence-electron chi connectivity index (χ3n) is 7.62. The number of rotatable bonds is 9. The highest BCUT2D eigenvalue weighted by molar-refractivity contribution is 7.89. The zero-order valence-corrected chi connectivity index (χ0v) is 28.4. The lowest BCUT2D eigenvalue weighted by Crippen LogP contribution is -2.30. The van der Waals surface area contributed by atoms with E-state index in [9.17, 15) is 18.0 Å². The Bertz CT molecular complexity index is 2020. The van der Waals surface area contributed by atoms with Crippen molar-refractivity contribution in [3.63, 3.8) is 0 Å². The number of halogens is 3. The minimum absolute atomic E-state index is 0.0381. The van der Waals surface area contributed by atoms with Gasteiger partial charge in [-0.2, -0.15) is 4.31 Å². The van der Waals surface area contributed by atoms with E-state index >= 15 is 0 Å². The quantitative estimate of drug-likeness (QED) is 0.0989. The molecule has 1 aromatic heterocycles. The second-order valence-electron chi connectivity index (χ2n) is 10.7.